The minimum Gasteiger partial charge on any atom is -0.373 e. The Morgan fingerprint density at radius 1 is 1.69 bits per heavy atom. The smallest absolute Gasteiger partial charge is 0.179 e. The van der Waals surface area contributed by atoms with Crippen LogP contribution in [0.2, 0.25) is 0 Å². The van der Waals surface area contributed by atoms with Crippen LogP contribution in [0.15, 0.2) is 0 Å². The van der Waals surface area contributed by atoms with Gasteiger partial charge in [0.15, 0.2) is 5.82 Å². The summed E-state index contributed by atoms with van der Waals surface area (Å²) in [7, 11) is 1.62. The number of aromatic amines is 1. The Morgan fingerprint density at radius 3 is 3.00 bits per heavy atom. The predicted molar refractivity (Wildman–Crippen MR) is 45.7 cm³/mol. The minimum atomic E-state index is -0.0799. The van der Waals surface area contributed by atoms with E-state index in [-0.39, 0.29) is 12.5 Å². The van der Waals surface area contributed by atoms with Gasteiger partial charge in [0.1, 0.15) is 11.9 Å². The van der Waals surface area contributed by atoms with Crippen molar-refractivity contribution in [2.75, 3.05) is 7.11 Å². The molecule has 1 rings (SSSR count). The van der Waals surface area contributed by atoms with E-state index in [0.29, 0.717) is 11.6 Å². The summed E-state index contributed by atoms with van der Waals surface area (Å²) >= 11 is 0. The monoisotopic (exact) mass is 180 g/mol. The van der Waals surface area contributed by atoms with Gasteiger partial charge in [0, 0.05) is 7.11 Å². The molecule has 5 heteroatoms. The maximum absolute atomic E-state index is 8.41. The second kappa shape index (κ2) is 4.58. The molecule has 0 aliphatic carbocycles. The van der Waals surface area contributed by atoms with Gasteiger partial charge in [-0.15, -0.1) is 0 Å². The van der Waals surface area contributed by atoms with Crippen LogP contribution in [0.4, 0.5) is 0 Å². The number of nitrogens with zero attached hydrogens (tertiary/aromatic N) is 3. The second-order valence-corrected chi connectivity index (χ2v) is 2.61. The topological polar surface area (TPSA) is 74.6 Å². The molecule has 0 amide bonds. The summed E-state index contributed by atoms with van der Waals surface area (Å²) in [6.45, 7) is 1.99. The Bertz CT molecular complexity index is 297. The lowest BCUT2D eigenvalue weighted by atomic mass is 10.2. The highest BCUT2D eigenvalue weighted by Gasteiger charge is 2.13. The molecule has 1 aromatic rings. The number of ether oxygens (including phenoxy) is 1. The average Bonchev–Trinajstić information content (AvgIpc) is 2.56. The zero-order valence-corrected chi connectivity index (χ0v) is 7.74. The van der Waals surface area contributed by atoms with Gasteiger partial charge in [-0.2, -0.15) is 10.4 Å². The van der Waals surface area contributed by atoms with Gasteiger partial charge in [0.2, 0.25) is 0 Å². The van der Waals surface area contributed by atoms with Crippen molar-refractivity contribution in [3.05, 3.63) is 11.6 Å². The molecule has 0 spiro atoms. The number of hydrogen-bond acceptors (Lipinski definition) is 4. The van der Waals surface area contributed by atoms with Crippen molar-refractivity contribution in [1.82, 2.24) is 15.2 Å². The third-order valence-electron chi connectivity index (χ3n) is 1.74. The molecule has 70 valence electrons. The van der Waals surface area contributed by atoms with Crippen LogP contribution in [-0.4, -0.2) is 22.3 Å². The highest BCUT2D eigenvalue weighted by molar-refractivity contribution is 4.98. The number of nitrogens with one attached hydrogen (secondary N) is 1. The summed E-state index contributed by atoms with van der Waals surface area (Å²) < 4.78 is 5.15. The van der Waals surface area contributed by atoms with Gasteiger partial charge in [-0.25, -0.2) is 4.98 Å². The van der Waals surface area contributed by atoms with E-state index in [0.717, 1.165) is 6.42 Å². The summed E-state index contributed by atoms with van der Waals surface area (Å²) in [5.41, 5.74) is 0. The number of rotatable bonds is 4. The van der Waals surface area contributed by atoms with E-state index in [4.69, 9.17) is 10.00 Å². The third-order valence-corrected chi connectivity index (χ3v) is 1.74. The summed E-state index contributed by atoms with van der Waals surface area (Å²) in [5.74, 6) is 1.21. The zero-order valence-electron chi connectivity index (χ0n) is 7.74. The number of nitriles is 1. The molecule has 1 heterocycles. The molecular formula is C8H12N4O. The summed E-state index contributed by atoms with van der Waals surface area (Å²) in [6, 6.07) is 2.00. The van der Waals surface area contributed by atoms with Crippen molar-refractivity contribution in [1.29, 1.82) is 5.26 Å². The lowest BCUT2D eigenvalue weighted by Gasteiger charge is -2.06. The van der Waals surface area contributed by atoms with E-state index in [1.807, 2.05) is 13.0 Å². The largest absolute Gasteiger partial charge is 0.373 e. The standard InChI is InChI=1S/C8H12N4O/c1-3-6(13-2)8-10-7(4-5-9)11-12-8/h6H,3-4H2,1-2H3,(H,10,11,12). The Kier molecular flexibility index (Phi) is 3.41. The molecule has 0 fully saturated rings. The van der Waals surface area contributed by atoms with E-state index in [1.165, 1.54) is 0 Å². The molecule has 1 aromatic heterocycles. The first-order valence-corrected chi connectivity index (χ1v) is 4.12. The molecule has 0 aliphatic heterocycles. The second-order valence-electron chi connectivity index (χ2n) is 2.61. The first-order valence-electron chi connectivity index (χ1n) is 4.12. The predicted octanol–water partition coefficient (Wildman–Crippen LogP) is 0.968. The summed E-state index contributed by atoms with van der Waals surface area (Å²) in [5, 5.41) is 15.1. The van der Waals surface area contributed by atoms with Crippen LogP contribution >= 0.6 is 0 Å². The molecule has 0 bridgehead atoms. The van der Waals surface area contributed by atoms with Gasteiger partial charge in [-0.1, -0.05) is 6.92 Å². The maximum atomic E-state index is 8.41. The van der Waals surface area contributed by atoms with Crippen molar-refractivity contribution in [3.63, 3.8) is 0 Å². The Balaban J connectivity index is 2.73. The van der Waals surface area contributed by atoms with Crippen LogP contribution in [0.5, 0.6) is 0 Å². The molecule has 0 radical (unpaired) electrons. The fourth-order valence-electron chi connectivity index (χ4n) is 1.06. The van der Waals surface area contributed by atoms with Crippen LogP contribution in [0.3, 0.4) is 0 Å². The minimum absolute atomic E-state index is 0.0799. The molecule has 0 aromatic carbocycles. The fraction of sp³-hybridized carbons (Fsp3) is 0.625. The Labute approximate surface area is 76.7 Å². The Morgan fingerprint density at radius 2 is 2.46 bits per heavy atom. The van der Waals surface area contributed by atoms with Crippen molar-refractivity contribution < 1.29 is 4.74 Å². The highest BCUT2D eigenvalue weighted by Crippen LogP contribution is 2.15. The Hall–Kier alpha value is -1.41. The molecule has 1 atom stereocenters. The summed E-state index contributed by atoms with van der Waals surface area (Å²) in [4.78, 5) is 4.13. The van der Waals surface area contributed by atoms with Crippen LogP contribution < -0.4 is 0 Å². The van der Waals surface area contributed by atoms with E-state index in [2.05, 4.69) is 15.2 Å². The van der Waals surface area contributed by atoms with Gasteiger partial charge in [-0.05, 0) is 6.42 Å². The van der Waals surface area contributed by atoms with Gasteiger partial charge in [-0.3, -0.25) is 5.10 Å². The third kappa shape index (κ3) is 2.26. The molecule has 1 unspecified atom stereocenters. The molecule has 0 saturated carbocycles. The van der Waals surface area contributed by atoms with Crippen LogP contribution in [-0.2, 0) is 11.2 Å². The van der Waals surface area contributed by atoms with Crippen molar-refractivity contribution in [2.24, 2.45) is 0 Å². The number of methoxy groups -OCH3 is 1. The van der Waals surface area contributed by atoms with Crippen LogP contribution in [0, 0.1) is 11.3 Å². The molecular weight excluding hydrogens is 168 g/mol. The maximum Gasteiger partial charge on any atom is 0.179 e. The van der Waals surface area contributed by atoms with E-state index < -0.39 is 0 Å². The number of hydrogen-bond donors (Lipinski definition) is 1. The molecule has 1 N–H and O–H groups in total. The molecule has 13 heavy (non-hydrogen) atoms. The van der Waals surface area contributed by atoms with Gasteiger partial charge < -0.3 is 4.74 Å². The van der Waals surface area contributed by atoms with E-state index in [1.54, 1.807) is 7.11 Å². The van der Waals surface area contributed by atoms with Crippen molar-refractivity contribution in [2.45, 2.75) is 25.9 Å². The van der Waals surface area contributed by atoms with Gasteiger partial charge in [0.25, 0.3) is 0 Å². The van der Waals surface area contributed by atoms with Crippen LogP contribution in [0.1, 0.15) is 31.1 Å². The quantitative estimate of drug-likeness (QED) is 0.749. The SMILES string of the molecule is CCC(OC)c1n[nH]c(CC#N)n1. The highest BCUT2D eigenvalue weighted by atomic mass is 16.5. The first-order chi connectivity index (χ1) is 6.31. The van der Waals surface area contributed by atoms with Gasteiger partial charge in [0.05, 0.1) is 12.5 Å². The average molecular weight is 180 g/mol. The lowest BCUT2D eigenvalue weighted by Crippen LogP contribution is -2.01. The molecule has 0 aliphatic rings. The lowest BCUT2D eigenvalue weighted by molar-refractivity contribution is 0.0929. The van der Waals surface area contributed by atoms with Crippen molar-refractivity contribution in [3.8, 4) is 6.07 Å². The van der Waals surface area contributed by atoms with Crippen molar-refractivity contribution >= 4 is 0 Å². The van der Waals surface area contributed by atoms with E-state index >= 15 is 0 Å². The normalized spacial score (nSPS) is 12.4. The molecule has 5 nitrogen and oxygen atoms in total. The van der Waals surface area contributed by atoms with Crippen LogP contribution in [0.25, 0.3) is 0 Å². The fourth-order valence-corrected chi connectivity index (χ4v) is 1.06. The number of H-pyrrole nitrogens is 1. The molecule has 0 saturated heterocycles. The zero-order chi connectivity index (χ0) is 9.68. The van der Waals surface area contributed by atoms with Gasteiger partial charge >= 0.3 is 0 Å². The first kappa shape index (κ1) is 9.68. The van der Waals surface area contributed by atoms with E-state index in [9.17, 15) is 0 Å². The number of aromatic nitrogens is 3. The summed E-state index contributed by atoms with van der Waals surface area (Å²) in [6.07, 6.45) is 0.997.